The minimum Gasteiger partial charge on any atom is -0.473 e. The Morgan fingerprint density at radius 1 is 1.19 bits per heavy atom. The lowest BCUT2D eigenvalue weighted by molar-refractivity contribution is -0.158. The van der Waals surface area contributed by atoms with Crippen molar-refractivity contribution in [2.24, 2.45) is 0 Å². The molecule has 0 aliphatic heterocycles. The van der Waals surface area contributed by atoms with Crippen LogP contribution in [-0.2, 0) is 9.59 Å². The Morgan fingerprint density at radius 2 is 1.81 bits per heavy atom. The summed E-state index contributed by atoms with van der Waals surface area (Å²) in [6, 6.07) is 6.07. The number of ether oxygens (including phenoxy) is 2. The molecule has 0 bridgehead atoms. The molecule has 21 heavy (non-hydrogen) atoms. The predicted octanol–water partition coefficient (Wildman–Crippen LogP) is 3.25. The van der Waals surface area contributed by atoms with Gasteiger partial charge in [-0.15, -0.1) is 23.2 Å². The van der Waals surface area contributed by atoms with E-state index in [9.17, 15) is 9.59 Å². The van der Waals surface area contributed by atoms with Crippen molar-refractivity contribution in [1.29, 1.82) is 0 Å². The molecule has 5 nitrogen and oxygen atoms in total. The van der Waals surface area contributed by atoms with E-state index in [4.69, 9.17) is 44.6 Å². The van der Waals surface area contributed by atoms with E-state index in [1.807, 2.05) is 0 Å². The van der Waals surface area contributed by atoms with Crippen LogP contribution in [0.3, 0.4) is 0 Å². The third kappa shape index (κ3) is 5.99. The lowest BCUT2D eigenvalue weighted by Gasteiger charge is -2.19. The smallest absolute Gasteiger partial charge is 0.422 e. The number of aliphatic carboxylic acids is 1. The molecule has 0 aliphatic rings. The summed E-state index contributed by atoms with van der Waals surface area (Å²) in [7, 11) is 0. The SMILES string of the molecule is O=C(O)C(=O)Oc1ccccc1OC(Cl)C(Cl)CCCCl. The van der Waals surface area contributed by atoms with E-state index < -0.39 is 22.9 Å². The average Bonchev–Trinajstić information content (AvgIpc) is 2.46. The van der Waals surface area contributed by atoms with Gasteiger partial charge in [0.15, 0.2) is 17.1 Å². The Labute approximate surface area is 136 Å². The Kier molecular flexibility index (Phi) is 7.64. The van der Waals surface area contributed by atoms with E-state index in [0.29, 0.717) is 18.7 Å². The van der Waals surface area contributed by atoms with Crippen molar-refractivity contribution in [2.75, 3.05) is 5.88 Å². The number of hydrogen-bond donors (Lipinski definition) is 1. The van der Waals surface area contributed by atoms with E-state index in [1.165, 1.54) is 12.1 Å². The van der Waals surface area contributed by atoms with Gasteiger partial charge in [0.1, 0.15) is 0 Å². The molecule has 1 rings (SSSR count). The minimum atomic E-state index is -1.70. The van der Waals surface area contributed by atoms with Crippen LogP contribution in [0.15, 0.2) is 24.3 Å². The van der Waals surface area contributed by atoms with Gasteiger partial charge in [-0.2, -0.15) is 0 Å². The van der Waals surface area contributed by atoms with Gasteiger partial charge in [0.2, 0.25) is 0 Å². The summed E-state index contributed by atoms with van der Waals surface area (Å²) < 4.78 is 10.1. The highest BCUT2D eigenvalue weighted by Gasteiger charge is 2.22. The number of alkyl halides is 3. The summed E-state index contributed by atoms with van der Waals surface area (Å²) in [5, 5.41) is 8.03. The number of carboxylic acids is 1. The second kappa shape index (κ2) is 8.97. The summed E-state index contributed by atoms with van der Waals surface area (Å²) in [5.41, 5.74) is -0.875. The zero-order chi connectivity index (χ0) is 15.8. The molecule has 0 fully saturated rings. The van der Waals surface area contributed by atoms with Crippen molar-refractivity contribution in [3.63, 3.8) is 0 Å². The third-order valence-corrected chi connectivity index (χ3v) is 3.60. The first-order chi connectivity index (χ1) is 9.95. The monoisotopic (exact) mass is 354 g/mol. The average molecular weight is 356 g/mol. The van der Waals surface area contributed by atoms with Gasteiger partial charge in [-0.05, 0) is 25.0 Å². The molecule has 116 valence electrons. The molecule has 2 unspecified atom stereocenters. The fourth-order valence-electron chi connectivity index (χ4n) is 1.37. The number of rotatable bonds is 7. The van der Waals surface area contributed by atoms with Crippen LogP contribution in [0.1, 0.15) is 12.8 Å². The molecular formula is C13H13Cl3O5. The number of esters is 1. The topological polar surface area (TPSA) is 72.8 Å². The normalized spacial score (nSPS) is 13.3. The van der Waals surface area contributed by atoms with Gasteiger partial charge in [0, 0.05) is 5.88 Å². The molecule has 0 saturated heterocycles. The lowest BCUT2D eigenvalue weighted by atomic mass is 10.2. The van der Waals surface area contributed by atoms with Gasteiger partial charge in [0.25, 0.3) is 0 Å². The van der Waals surface area contributed by atoms with Gasteiger partial charge in [-0.3, -0.25) is 0 Å². The molecule has 8 heteroatoms. The van der Waals surface area contributed by atoms with Gasteiger partial charge in [-0.1, -0.05) is 23.7 Å². The molecular weight excluding hydrogens is 342 g/mol. The van der Waals surface area contributed by atoms with Crippen molar-refractivity contribution in [2.45, 2.75) is 23.8 Å². The third-order valence-electron chi connectivity index (χ3n) is 2.36. The number of para-hydroxylation sites is 2. The standard InChI is InChI=1S/C13H13Cl3O5/c14-7-3-4-8(15)11(16)20-9-5-1-2-6-10(9)21-13(19)12(17)18/h1-2,5-6,8,11H,3-4,7H2,(H,17,18). The van der Waals surface area contributed by atoms with Crippen LogP contribution >= 0.6 is 34.8 Å². The van der Waals surface area contributed by atoms with Crippen LogP contribution in [0.5, 0.6) is 11.5 Å². The van der Waals surface area contributed by atoms with Crippen LogP contribution in [0.2, 0.25) is 0 Å². The van der Waals surface area contributed by atoms with Gasteiger partial charge < -0.3 is 14.6 Å². The number of carboxylic acid groups (broad SMARTS) is 1. The Morgan fingerprint density at radius 3 is 2.38 bits per heavy atom. The molecule has 1 aromatic carbocycles. The van der Waals surface area contributed by atoms with Crippen LogP contribution in [0.25, 0.3) is 0 Å². The Hall–Kier alpha value is -1.17. The summed E-state index contributed by atoms with van der Waals surface area (Å²) in [5.74, 6) is -2.58. The highest BCUT2D eigenvalue weighted by Crippen LogP contribution is 2.30. The molecule has 0 aromatic heterocycles. The van der Waals surface area contributed by atoms with E-state index in [0.717, 1.165) is 0 Å². The maximum Gasteiger partial charge on any atom is 0.422 e. The van der Waals surface area contributed by atoms with Crippen molar-refractivity contribution >= 4 is 46.7 Å². The first kappa shape index (κ1) is 17.9. The predicted molar refractivity (Wildman–Crippen MR) is 79.6 cm³/mol. The quantitative estimate of drug-likeness (QED) is 0.352. The van der Waals surface area contributed by atoms with Crippen molar-refractivity contribution in [3.8, 4) is 11.5 Å². The molecule has 2 atom stereocenters. The maximum atomic E-state index is 11.1. The Balaban J connectivity index is 2.74. The van der Waals surface area contributed by atoms with Crippen LogP contribution in [0.4, 0.5) is 0 Å². The summed E-state index contributed by atoms with van der Waals surface area (Å²) in [4.78, 5) is 21.6. The number of carbonyl (C=O) groups excluding carboxylic acids is 1. The lowest BCUT2D eigenvalue weighted by Crippen LogP contribution is -2.23. The number of hydrogen-bond acceptors (Lipinski definition) is 4. The van der Waals surface area contributed by atoms with E-state index in [2.05, 4.69) is 4.74 Å². The van der Waals surface area contributed by atoms with Gasteiger partial charge in [0.05, 0.1) is 5.38 Å². The van der Waals surface area contributed by atoms with Crippen LogP contribution < -0.4 is 9.47 Å². The maximum absolute atomic E-state index is 11.1. The highest BCUT2D eigenvalue weighted by molar-refractivity contribution is 6.30. The van der Waals surface area contributed by atoms with Crippen LogP contribution in [-0.4, -0.2) is 33.9 Å². The molecule has 0 spiro atoms. The fraction of sp³-hybridized carbons (Fsp3) is 0.385. The summed E-state index contributed by atoms with van der Waals surface area (Å²) >= 11 is 17.6. The summed E-state index contributed by atoms with van der Waals surface area (Å²) in [6.45, 7) is 0. The molecule has 0 heterocycles. The first-order valence-electron chi connectivity index (χ1n) is 6.00. The first-order valence-corrected chi connectivity index (χ1v) is 7.41. The van der Waals surface area contributed by atoms with Gasteiger partial charge >= 0.3 is 11.9 Å². The van der Waals surface area contributed by atoms with Crippen molar-refractivity contribution in [3.05, 3.63) is 24.3 Å². The van der Waals surface area contributed by atoms with E-state index >= 15 is 0 Å². The van der Waals surface area contributed by atoms with Crippen molar-refractivity contribution in [1.82, 2.24) is 0 Å². The van der Waals surface area contributed by atoms with E-state index in [-0.39, 0.29) is 11.5 Å². The molecule has 0 amide bonds. The zero-order valence-electron chi connectivity index (χ0n) is 10.8. The molecule has 1 aromatic rings. The molecule has 1 N–H and O–H groups in total. The van der Waals surface area contributed by atoms with Crippen LogP contribution in [0, 0.1) is 0 Å². The van der Waals surface area contributed by atoms with E-state index in [1.54, 1.807) is 12.1 Å². The minimum absolute atomic E-state index is 0.0447. The molecule has 0 radical (unpaired) electrons. The van der Waals surface area contributed by atoms with Crippen molar-refractivity contribution < 1.29 is 24.2 Å². The highest BCUT2D eigenvalue weighted by atomic mass is 35.5. The largest absolute Gasteiger partial charge is 0.473 e. The molecule has 0 aliphatic carbocycles. The number of halogens is 3. The fourth-order valence-corrected chi connectivity index (χ4v) is 1.96. The second-order valence-corrected chi connectivity index (χ2v) is 5.33. The zero-order valence-corrected chi connectivity index (χ0v) is 13.1. The van der Waals surface area contributed by atoms with Gasteiger partial charge in [-0.25, -0.2) is 9.59 Å². The summed E-state index contributed by atoms with van der Waals surface area (Å²) in [6.07, 6.45) is 1.23. The number of carbonyl (C=O) groups is 2. The number of benzene rings is 1. The Bertz CT molecular complexity index is 494. The molecule has 0 saturated carbocycles. The second-order valence-electron chi connectivity index (χ2n) is 3.96.